The van der Waals surface area contributed by atoms with E-state index in [1.165, 1.54) is 0 Å². The average Bonchev–Trinajstić information content (AvgIpc) is 2.19. The summed E-state index contributed by atoms with van der Waals surface area (Å²) in [7, 11) is 0. The van der Waals surface area contributed by atoms with E-state index in [1.807, 2.05) is 0 Å². The fourth-order valence-corrected chi connectivity index (χ4v) is 0.962. The monoisotopic (exact) mass is 247 g/mol. The van der Waals surface area contributed by atoms with Gasteiger partial charge in [0.25, 0.3) is 0 Å². The highest BCUT2D eigenvalue weighted by Crippen LogP contribution is 2.06. The average molecular weight is 247 g/mol. The quantitative estimate of drug-likeness (QED) is 0.495. The second-order valence-electron chi connectivity index (χ2n) is 4.46. The van der Waals surface area contributed by atoms with E-state index in [1.54, 1.807) is 20.8 Å². The van der Waals surface area contributed by atoms with Crippen LogP contribution in [0.2, 0.25) is 0 Å². The largest absolute Gasteiger partial charge is 0.444 e. The van der Waals surface area contributed by atoms with E-state index >= 15 is 0 Å². The van der Waals surface area contributed by atoms with Gasteiger partial charge in [0.2, 0.25) is 5.91 Å². The van der Waals surface area contributed by atoms with E-state index in [0.29, 0.717) is 0 Å². The van der Waals surface area contributed by atoms with Gasteiger partial charge in [0, 0.05) is 13.1 Å². The zero-order valence-electron chi connectivity index (χ0n) is 10.4. The predicted octanol–water partition coefficient (Wildman–Crippen LogP) is -1.05. The Hall–Kier alpha value is -1.34. The molecule has 0 saturated heterocycles. The van der Waals surface area contributed by atoms with Crippen molar-refractivity contribution in [3.05, 3.63) is 0 Å². The van der Waals surface area contributed by atoms with E-state index in [0.717, 1.165) is 0 Å². The van der Waals surface area contributed by atoms with Crippen molar-refractivity contribution in [3.63, 3.8) is 0 Å². The molecule has 0 rings (SSSR count). The molecule has 0 aliphatic carbocycles. The Bertz CT molecular complexity index is 263. The van der Waals surface area contributed by atoms with Gasteiger partial charge in [-0.15, -0.1) is 0 Å². The molecule has 0 radical (unpaired) electrons. The summed E-state index contributed by atoms with van der Waals surface area (Å²) in [6.07, 6.45) is -0.751. The number of alkyl carbamates (subject to hydrolysis) is 1. The van der Waals surface area contributed by atoms with Gasteiger partial charge >= 0.3 is 6.09 Å². The molecule has 17 heavy (non-hydrogen) atoms. The number of ether oxygens (including phenoxy) is 1. The highest BCUT2D eigenvalue weighted by Gasteiger charge is 2.23. The van der Waals surface area contributed by atoms with Crippen molar-refractivity contribution in [2.75, 3.05) is 19.7 Å². The summed E-state index contributed by atoms with van der Waals surface area (Å²) >= 11 is 0. The Kier molecular flexibility index (Phi) is 6.52. The van der Waals surface area contributed by atoms with Crippen LogP contribution in [0.5, 0.6) is 0 Å². The van der Waals surface area contributed by atoms with Crippen molar-refractivity contribution in [3.8, 4) is 0 Å². The molecule has 7 nitrogen and oxygen atoms in total. The highest BCUT2D eigenvalue weighted by molar-refractivity contribution is 5.85. The molecule has 0 aliphatic rings. The molecule has 7 heteroatoms. The second kappa shape index (κ2) is 7.08. The van der Waals surface area contributed by atoms with Gasteiger partial charge in [0.1, 0.15) is 11.6 Å². The molecule has 0 fully saturated rings. The van der Waals surface area contributed by atoms with Crippen molar-refractivity contribution < 1.29 is 19.4 Å². The highest BCUT2D eigenvalue weighted by atomic mass is 16.6. The zero-order valence-corrected chi connectivity index (χ0v) is 10.4. The Balaban J connectivity index is 4.21. The molecule has 0 heterocycles. The standard InChI is InChI=1S/C10H21N3O4/c1-10(2,3)17-9(16)13-7(6-14)8(15)12-5-4-11/h7,14H,4-6,11H2,1-3H3,(H,12,15)(H,13,16). The van der Waals surface area contributed by atoms with Crippen LogP contribution < -0.4 is 16.4 Å². The summed E-state index contributed by atoms with van der Waals surface area (Å²) in [6, 6.07) is -1.03. The smallest absolute Gasteiger partial charge is 0.408 e. The molecule has 2 amide bonds. The van der Waals surface area contributed by atoms with Crippen LogP contribution in [0.3, 0.4) is 0 Å². The molecule has 0 aliphatic heterocycles. The van der Waals surface area contributed by atoms with Crippen molar-refractivity contribution in [1.82, 2.24) is 10.6 Å². The third-order valence-corrected chi connectivity index (χ3v) is 1.63. The van der Waals surface area contributed by atoms with Crippen LogP contribution in [0, 0.1) is 0 Å². The molecular weight excluding hydrogens is 226 g/mol. The van der Waals surface area contributed by atoms with Gasteiger partial charge in [-0.3, -0.25) is 4.79 Å². The third-order valence-electron chi connectivity index (χ3n) is 1.63. The first-order valence-electron chi connectivity index (χ1n) is 5.38. The maximum absolute atomic E-state index is 11.4. The van der Waals surface area contributed by atoms with E-state index in [9.17, 15) is 9.59 Å². The molecule has 0 aromatic rings. The summed E-state index contributed by atoms with van der Waals surface area (Å²) in [5.74, 6) is -0.496. The number of rotatable bonds is 5. The fourth-order valence-electron chi connectivity index (χ4n) is 0.962. The summed E-state index contributed by atoms with van der Waals surface area (Å²) in [5, 5.41) is 13.7. The number of carbonyl (C=O) groups excluding carboxylic acids is 2. The number of hydrogen-bond donors (Lipinski definition) is 4. The molecule has 0 bridgehead atoms. The number of nitrogens with one attached hydrogen (secondary N) is 2. The number of nitrogens with two attached hydrogens (primary N) is 1. The molecule has 1 unspecified atom stereocenters. The van der Waals surface area contributed by atoms with E-state index in [2.05, 4.69) is 10.6 Å². The number of hydrogen-bond acceptors (Lipinski definition) is 5. The molecule has 0 aromatic carbocycles. The topological polar surface area (TPSA) is 114 Å². The van der Waals surface area contributed by atoms with E-state index in [4.69, 9.17) is 15.6 Å². The van der Waals surface area contributed by atoms with Crippen molar-refractivity contribution in [2.24, 2.45) is 5.73 Å². The summed E-state index contributed by atoms with van der Waals surface area (Å²) in [6.45, 7) is 5.18. The Morgan fingerprint density at radius 3 is 2.41 bits per heavy atom. The van der Waals surface area contributed by atoms with Gasteiger partial charge in [-0.25, -0.2) is 4.79 Å². The van der Waals surface area contributed by atoms with Crippen LogP contribution in [0.4, 0.5) is 4.79 Å². The lowest BCUT2D eigenvalue weighted by molar-refractivity contribution is -0.124. The van der Waals surface area contributed by atoms with Crippen molar-refractivity contribution >= 4 is 12.0 Å². The molecule has 1 atom stereocenters. The summed E-state index contributed by atoms with van der Waals surface area (Å²) in [4.78, 5) is 22.8. The van der Waals surface area contributed by atoms with Gasteiger partial charge in [0.15, 0.2) is 0 Å². The van der Waals surface area contributed by atoms with E-state index in [-0.39, 0.29) is 13.1 Å². The lowest BCUT2D eigenvalue weighted by atomic mass is 10.2. The minimum absolute atomic E-state index is 0.283. The number of carbonyl (C=O) groups is 2. The normalized spacial score (nSPS) is 12.8. The molecule has 5 N–H and O–H groups in total. The Labute approximate surface area is 101 Å². The summed E-state index contributed by atoms with van der Waals surface area (Å²) < 4.78 is 4.96. The van der Waals surface area contributed by atoms with Gasteiger partial charge in [0.05, 0.1) is 6.61 Å². The number of amides is 2. The maximum atomic E-state index is 11.4. The summed E-state index contributed by atoms with van der Waals surface area (Å²) in [5.41, 5.74) is 4.56. The lowest BCUT2D eigenvalue weighted by Gasteiger charge is -2.22. The first-order chi connectivity index (χ1) is 7.80. The lowest BCUT2D eigenvalue weighted by Crippen LogP contribution is -2.50. The van der Waals surface area contributed by atoms with Crippen molar-refractivity contribution in [1.29, 1.82) is 0 Å². The maximum Gasteiger partial charge on any atom is 0.408 e. The van der Waals surface area contributed by atoms with Crippen LogP contribution in [-0.4, -0.2) is 48.4 Å². The molecular formula is C10H21N3O4. The molecule has 0 saturated carbocycles. The fraction of sp³-hybridized carbons (Fsp3) is 0.800. The molecule has 100 valence electrons. The first kappa shape index (κ1) is 15.7. The Morgan fingerprint density at radius 1 is 1.41 bits per heavy atom. The number of aliphatic hydroxyl groups excluding tert-OH is 1. The molecule has 0 spiro atoms. The van der Waals surface area contributed by atoms with Crippen LogP contribution in [0.1, 0.15) is 20.8 Å². The minimum Gasteiger partial charge on any atom is -0.444 e. The molecule has 0 aromatic heterocycles. The predicted molar refractivity (Wildman–Crippen MR) is 62.3 cm³/mol. The zero-order chi connectivity index (χ0) is 13.5. The van der Waals surface area contributed by atoms with Gasteiger partial charge in [-0.05, 0) is 20.8 Å². The third kappa shape index (κ3) is 7.53. The Morgan fingerprint density at radius 2 is 2.00 bits per heavy atom. The van der Waals surface area contributed by atoms with Crippen LogP contribution in [-0.2, 0) is 9.53 Å². The van der Waals surface area contributed by atoms with Gasteiger partial charge in [-0.2, -0.15) is 0 Å². The van der Waals surface area contributed by atoms with Crippen LogP contribution >= 0.6 is 0 Å². The minimum atomic E-state index is -1.03. The van der Waals surface area contributed by atoms with Gasteiger partial charge in [-0.1, -0.05) is 0 Å². The second-order valence-corrected chi connectivity index (χ2v) is 4.46. The van der Waals surface area contributed by atoms with Crippen LogP contribution in [0.25, 0.3) is 0 Å². The number of aliphatic hydroxyl groups is 1. The van der Waals surface area contributed by atoms with E-state index < -0.39 is 30.3 Å². The van der Waals surface area contributed by atoms with Crippen LogP contribution in [0.15, 0.2) is 0 Å². The first-order valence-corrected chi connectivity index (χ1v) is 5.38. The van der Waals surface area contributed by atoms with Crippen molar-refractivity contribution in [2.45, 2.75) is 32.4 Å². The SMILES string of the molecule is CC(C)(C)OC(=O)NC(CO)C(=O)NCCN. The van der Waals surface area contributed by atoms with Gasteiger partial charge < -0.3 is 26.2 Å².